The number of aryl methyl sites for hydroxylation is 1. The average molecular weight is 505 g/mol. The van der Waals surface area contributed by atoms with Crippen LogP contribution in [0, 0.1) is 6.92 Å². The summed E-state index contributed by atoms with van der Waals surface area (Å²) >= 11 is 0. The first-order chi connectivity index (χ1) is 16.4. The summed E-state index contributed by atoms with van der Waals surface area (Å²) in [5.74, 6) is 0. The quantitative estimate of drug-likeness (QED) is 0.592. The number of likely N-dealkylation sites (tertiary alicyclic amines) is 1. The molecule has 1 fully saturated rings. The molecule has 0 radical (unpaired) electrons. The number of carbonyl (C=O) groups is 2. The van der Waals surface area contributed by atoms with Gasteiger partial charge in [0, 0.05) is 13.1 Å². The number of ether oxygens (including phenoxy) is 2. The third-order valence-corrected chi connectivity index (χ3v) is 6.62. The Labute approximate surface area is 206 Å². The lowest BCUT2D eigenvalue weighted by molar-refractivity contribution is 0.0261. The summed E-state index contributed by atoms with van der Waals surface area (Å²) in [5.41, 5.74) is 1.000. The van der Waals surface area contributed by atoms with Gasteiger partial charge < -0.3 is 19.7 Å². The summed E-state index contributed by atoms with van der Waals surface area (Å²) < 4.78 is 42.0. The average Bonchev–Trinajstić information content (AvgIpc) is 2.78. The summed E-state index contributed by atoms with van der Waals surface area (Å²) in [6, 6.07) is 14.7. The Kier molecular flexibility index (Phi) is 8.39. The third kappa shape index (κ3) is 7.97. The molecule has 0 aliphatic carbocycles. The fourth-order valence-electron chi connectivity index (χ4n) is 3.54. The molecular weight excluding hydrogens is 472 g/mol. The zero-order valence-corrected chi connectivity index (χ0v) is 21.2. The van der Waals surface area contributed by atoms with Crippen LogP contribution in [0.3, 0.4) is 0 Å². The minimum Gasteiger partial charge on any atom is -0.445 e. The van der Waals surface area contributed by atoms with Gasteiger partial charge >= 0.3 is 12.2 Å². The summed E-state index contributed by atoms with van der Waals surface area (Å²) in [7, 11) is -4.09. The Balaban J connectivity index is 1.71. The van der Waals surface area contributed by atoms with Crippen molar-refractivity contribution < 1.29 is 31.7 Å². The predicted molar refractivity (Wildman–Crippen MR) is 129 cm³/mol. The van der Waals surface area contributed by atoms with Crippen LogP contribution in [0.1, 0.15) is 38.3 Å². The highest BCUT2D eigenvalue weighted by molar-refractivity contribution is 7.86. The maximum atomic E-state index is 12.9. The van der Waals surface area contributed by atoms with Crippen molar-refractivity contribution in [2.24, 2.45) is 0 Å². The smallest absolute Gasteiger partial charge is 0.410 e. The highest BCUT2D eigenvalue weighted by Crippen LogP contribution is 2.23. The molecule has 1 saturated heterocycles. The maximum absolute atomic E-state index is 12.9. The van der Waals surface area contributed by atoms with Crippen molar-refractivity contribution >= 4 is 22.3 Å². The molecule has 35 heavy (non-hydrogen) atoms. The Morgan fingerprint density at radius 1 is 1.06 bits per heavy atom. The van der Waals surface area contributed by atoms with Crippen LogP contribution in [0.4, 0.5) is 9.59 Å². The van der Waals surface area contributed by atoms with Crippen LogP contribution in [0.2, 0.25) is 0 Å². The Morgan fingerprint density at radius 3 is 2.34 bits per heavy atom. The molecule has 2 atom stereocenters. The molecule has 2 aromatic carbocycles. The van der Waals surface area contributed by atoms with Crippen LogP contribution in [0.25, 0.3) is 0 Å². The predicted octanol–water partition coefficient (Wildman–Crippen LogP) is 4.00. The van der Waals surface area contributed by atoms with Crippen molar-refractivity contribution in [3.8, 4) is 0 Å². The largest absolute Gasteiger partial charge is 0.445 e. The number of benzene rings is 2. The van der Waals surface area contributed by atoms with Gasteiger partial charge in [0.2, 0.25) is 0 Å². The van der Waals surface area contributed by atoms with E-state index in [2.05, 4.69) is 5.32 Å². The van der Waals surface area contributed by atoms with Gasteiger partial charge in [0.15, 0.2) is 0 Å². The zero-order valence-electron chi connectivity index (χ0n) is 20.4. The molecule has 0 spiro atoms. The van der Waals surface area contributed by atoms with Crippen molar-refractivity contribution in [1.29, 1.82) is 0 Å². The van der Waals surface area contributed by atoms with Gasteiger partial charge in [-0.1, -0.05) is 48.0 Å². The van der Waals surface area contributed by atoms with E-state index in [-0.39, 0.29) is 31.0 Å². The third-order valence-electron chi connectivity index (χ3n) is 5.27. The van der Waals surface area contributed by atoms with Crippen LogP contribution in [0.15, 0.2) is 59.5 Å². The lowest BCUT2D eigenvalue weighted by Gasteiger charge is -2.37. The van der Waals surface area contributed by atoms with Crippen LogP contribution in [0.5, 0.6) is 0 Å². The topological polar surface area (TPSA) is 111 Å². The van der Waals surface area contributed by atoms with Crippen LogP contribution in [-0.2, 0) is 30.4 Å². The van der Waals surface area contributed by atoms with E-state index in [1.807, 2.05) is 37.3 Å². The van der Waals surface area contributed by atoms with E-state index in [9.17, 15) is 18.0 Å². The zero-order chi connectivity index (χ0) is 25.6. The highest BCUT2D eigenvalue weighted by atomic mass is 32.2. The minimum absolute atomic E-state index is 0.000943. The van der Waals surface area contributed by atoms with Gasteiger partial charge in [0.25, 0.3) is 10.1 Å². The van der Waals surface area contributed by atoms with E-state index in [1.54, 1.807) is 32.9 Å². The number of alkyl carbamates (subject to hydrolysis) is 1. The maximum Gasteiger partial charge on any atom is 0.410 e. The summed E-state index contributed by atoms with van der Waals surface area (Å²) in [4.78, 5) is 26.6. The van der Waals surface area contributed by atoms with Gasteiger partial charge in [0.05, 0.1) is 10.9 Å². The van der Waals surface area contributed by atoms with Crippen molar-refractivity contribution in [2.75, 3.05) is 13.1 Å². The molecule has 0 bridgehead atoms. The molecule has 1 aliphatic heterocycles. The van der Waals surface area contributed by atoms with Gasteiger partial charge in [-0.25, -0.2) is 9.59 Å². The Morgan fingerprint density at radius 2 is 1.71 bits per heavy atom. The first-order valence-corrected chi connectivity index (χ1v) is 12.8. The second kappa shape index (κ2) is 11.1. The van der Waals surface area contributed by atoms with E-state index in [0.29, 0.717) is 0 Å². The van der Waals surface area contributed by atoms with E-state index < -0.39 is 40.1 Å². The number of piperidine rings is 1. The number of nitrogens with one attached hydrogen (secondary N) is 1. The summed E-state index contributed by atoms with van der Waals surface area (Å²) in [5, 5.41) is 2.67. The molecule has 1 aliphatic rings. The number of nitrogens with zero attached hydrogens (tertiary/aromatic N) is 1. The molecule has 0 saturated carbocycles. The molecule has 9 nitrogen and oxygen atoms in total. The number of hydrogen-bond donors (Lipinski definition) is 1. The van der Waals surface area contributed by atoms with Gasteiger partial charge in [-0.2, -0.15) is 8.42 Å². The monoisotopic (exact) mass is 504 g/mol. The van der Waals surface area contributed by atoms with E-state index in [4.69, 9.17) is 13.7 Å². The fraction of sp³-hybridized carbons (Fsp3) is 0.440. The van der Waals surface area contributed by atoms with E-state index in [1.165, 1.54) is 17.0 Å². The molecule has 1 heterocycles. The lowest BCUT2D eigenvalue weighted by Crippen LogP contribution is -2.58. The summed E-state index contributed by atoms with van der Waals surface area (Å²) in [6.07, 6.45) is -2.02. The molecule has 10 heteroatoms. The first-order valence-electron chi connectivity index (χ1n) is 11.4. The molecular formula is C25H32N2O7S. The molecule has 190 valence electrons. The fourth-order valence-corrected chi connectivity index (χ4v) is 4.68. The number of rotatable bonds is 6. The normalized spacial score (nSPS) is 18.6. The number of carbonyl (C=O) groups excluding carboxylic acids is 2. The van der Waals surface area contributed by atoms with Crippen LogP contribution < -0.4 is 5.32 Å². The van der Waals surface area contributed by atoms with E-state index in [0.717, 1.165) is 11.1 Å². The minimum atomic E-state index is -4.09. The van der Waals surface area contributed by atoms with Gasteiger partial charge in [-0.3, -0.25) is 4.18 Å². The van der Waals surface area contributed by atoms with Crippen LogP contribution in [-0.4, -0.2) is 56.3 Å². The Hall–Kier alpha value is -3.11. The van der Waals surface area contributed by atoms with Crippen LogP contribution >= 0.6 is 0 Å². The second-order valence-corrected chi connectivity index (χ2v) is 11.0. The molecule has 2 amide bonds. The molecule has 2 aromatic rings. The van der Waals surface area contributed by atoms with E-state index >= 15 is 0 Å². The van der Waals surface area contributed by atoms with Gasteiger partial charge in [-0.05, 0) is 51.8 Å². The standard InChI is InChI=1S/C25H32N2O7S/c1-18-10-12-20(13-11-18)35(30,31)34-22-14-15-27(16-21(22)26-23(28)33-25(2,3)4)24(29)32-17-19-8-6-5-7-9-19/h5-13,21-22H,14-17H2,1-4H3,(H,26,28). The van der Waals surface area contributed by atoms with Gasteiger partial charge in [-0.15, -0.1) is 0 Å². The van der Waals surface area contributed by atoms with Crippen molar-refractivity contribution in [3.63, 3.8) is 0 Å². The number of hydrogen-bond acceptors (Lipinski definition) is 7. The number of amides is 2. The molecule has 2 unspecified atom stereocenters. The van der Waals surface area contributed by atoms with Crippen molar-refractivity contribution in [3.05, 3.63) is 65.7 Å². The molecule has 3 rings (SSSR count). The summed E-state index contributed by atoms with van der Waals surface area (Å²) in [6.45, 7) is 7.31. The van der Waals surface area contributed by atoms with Crippen molar-refractivity contribution in [1.82, 2.24) is 10.2 Å². The SMILES string of the molecule is Cc1ccc(S(=O)(=O)OC2CCN(C(=O)OCc3ccccc3)CC2NC(=O)OC(C)(C)C)cc1. The second-order valence-electron chi connectivity index (χ2n) is 9.43. The first kappa shape index (κ1) is 26.5. The Bertz CT molecular complexity index is 1110. The lowest BCUT2D eigenvalue weighted by atomic mass is 10.0. The van der Waals surface area contributed by atoms with Gasteiger partial charge in [0.1, 0.15) is 18.3 Å². The molecule has 0 aromatic heterocycles. The highest BCUT2D eigenvalue weighted by Gasteiger charge is 2.38. The molecule has 1 N–H and O–H groups in total. The van der Waals surface area contributed by atoms with Crippen molar-refractivity contribution in [2.45, 2.75) is 63.4 Å².